The second kappa shape index (κ2) is 9.79. The summed E-state index contributed by atoms with van der Waals surface area (Å²) in [5.74, 6) is 1.01. The molecule has 1 N–H and O–H groups in total. The average molecular weight is 447 g/mol. The van der Waals surface area contributed by atoms with Crippen LogP contribution < -0.4 is 5.32 Å². The molecular weight excluding hydrogens is 416 g/mol. The Kier molecular flexibility index (Phi) is 6.44. The van der Waals surface area contributed by atoms with Gasteiger partial charge in [0.05, 0.1) is 24.0 Å². The highest BCUT2D eigenvalue weighted by Gasteiger charge is 2.28. The number of anilines is 1. The molecule has 33 heavy (non-hydrogen) atoms. The van der Waals surface area contributed by atoms with Crippen LogP contribution in [0.2, 0.25) is 0 Å². The van der Waals surface area contributed by atoms with E-state index in [9.17, 15) is 4.79 Å². The average Bonchev–Trinajstić information content (AvgIpc) is 3.52. The fourth-order valence-corrected chi connectivity index (χ4v) is 4.87. The number of likely N-dealkylation sites (tertiary alicyclic amines) is 1. The van der Waals surface area contributed by atoms with Gasteiger partial charge in [-0.2, -0.15) is 0 Å². The van der Waals surface area contributed by atoms with Gasteiger partial charge in [0.1, 0.15) is 6.67 Å². The summed E-state index contributed by atoms with van der Waals surface area (Å²) in [6.45, 7) is 4.58. The molecule has 3 aliphatic rings. The van der Waals surface area contributed by atoms with E-state index in [1.807, 2.05) is 4.90 Å². The van der Waals surface area contributed by atoms with Crippen LogP contribution in [0.4, 0.5) is 5.95 Å². The molecule has 0 spiro atoms. The Bertz CT molecular complexity index is 1020. The number of benzene rings is 1. The van der Waals surface area contributed by atoms with Crippen LogP contribution in [0.25, 0.3) is 0 Å². The van der Waals surface area contributed by atoms with E-state index < -0.39 is 0 Å². The molecule has 1 fully saturated rings. The second-order valence-electron chi connectivity index (χ2n) is 9.06. The Morgan fingerprint density at radius 2 is 1.85 bits per heavy atom. The molecule has 1 aromatic heterocycles. The smallest absolute Gasteiger partial charge is 0.256 e. The van der Waals surface area contributed by atoms with Gasteiger partial charge in [-0.25, -0.2) is 9.97 Å². The van der Waals surface area contributed by atoms with Crippen molar-refractivity contribution >= 4 is 23.8 Å². The lowest BCUT2D eigenvalue weighted by atomic mass is 9.91. The molecule has 1 atom stereocenters. The maximum atomic E-state index is 12.9. The first-order chi connectivity index (χ1) is 16.2. The molecule has 2 aromatic rings. The number of fused-ring (bicyclic) bond motifs is 1. The lowest BCUT2D eigenvalue weighted by Crippen LogP contribution is -2.41. The quantitative estimate of drug-likeness (QED) is 0.706. The fraction of sp³-hybridized carbons (Fsp3) is 0.480. The second-order valence-corrected chi connectivity index (χ2v) is 9.06. The van der Waals surface area contributed by atoms with Crippen LogP contribution in [0.1, 0.15) is 41.3 Å². The standard InChI is InChI=1S/C25H30N6O2/c1-17(33-15-23-14-26-16-29-23)18-6-8-31(9-7-18)24(32)21-12-27-25(28-13-21)30-22-10-19-4-2-3-5-20(19)11-22/h2-5,12-14,17-18,22H,6-11,15-16H2,1H3,(H,27,28,30). The van der Waals surface area contributed by atoms with E-state index in [1.54, 1.807) is 18.6 Å². The van der Waals surface area contributed by atoms with Crippen LogP contribution in [0.15, 0.2) is 46.6 Å². The number of ether oxygens (including phenoxy) is 1. The minimum absolute atomic E-state index is 0.00151. The van der Waals surface area contributed by atoms with Crippen molar-refractivity contribution in [3.05, 3.63) is 53.3 Å². The van der Waals surface area contributed by atoms with Gasteiger partial charge in [-0.3, -0.25) is 14.8 Å². The highest BCUT2D eigenvalue weighted by molar-refractivity contribution is 6.32. The monoisotopic (exact) mass is 446 g/mol. The normalized spacial score (nSPS) is 19.4. The summed E-state index contributed by atoms with van der Waals surface area (Å²) >= 11 is 0. The molecule has 1 aromatic carbocycles. The van der Waals surface area contributed by atoms with Gasteiger partial charge in [-0.05, 0) is 49.7 Å². The van der Waals surface area contributed by atoms with Crippen molar-refractivity contribution in [3.8, 4) is 0 Å². The lowest BCUT2D eigenvalue weighted by molar-refractivity contribution is 0.0202. The number of carbonyl (C=O) groups excluding carboxylic acids is 1. The van der Waals surface area contributed by atoms with E-state index in [2.05, 4.69) is 56.5 Å². The molecular formula is C25H30N6O2. The van der Waals surface area contributed by atoms with Gasteiger partial charge in [0.15, 0.2) is 0 Å². The van der Waals surface area contributed by atoms with Crippen LogP contribution in [0.3, 0.4) is 0 Å². The number of amides is 1. The highest BCUT2D eigenvalue weighted by atomic mass is 16.5. The van der Waals surface area contributed by atoms with Crippen molar-refractivity contribution in [1.29, 1.82) is 0 Å². The van der Waals surface area contributed by atoms with Crippen molar-refractivity contribution in [1.82, 2.24) is 14.9 Å². The largest absolute Gasteiger partial charge is 0.372 e. The molecule has 1 saturated heterocycles. The summed E-state index contributed by atoms with van der Waals surface area (Å²) in [6, 6.07) is 8.80. The molecule has 172 valence electrons. The number of piperidine rings is 1. The van der Waals surface area contributed by atoms with Gasteiger partial charge >= 0.3 is 0 Å². The molecule has 0 radical (unpaired) electrons. The minimum atomic E-state index is -0.00151. The molecule has 5 rings (SSSR count). The van der Waals surface area contributed by atoms with Crippen LogP contribution in [0, 0.1) is 5.92 Å². The van der Waals surface area contributed by atoms with E-state index in [1.165, 1.54) is 11.1 Å². The Morgan fingerprint density at radius 1 is 1.15 bits per heavy atom. The Balaban J connectivity index is 1.09. The number of carbonyl (C=O) groups is 1. The predicted octanol–water partition coefficient (Wildman–Crippen LogP) is 2.80. The van der Waals surface area contributed by atoms with E-state index in [4.69, 9.17) is 4.74 Å². The van der Waals surface area contributed by atoms with E-state index in [0.717, 1.165) is 44.5 Å². The number of aliphatic imine (C=N–C) groups is 2. The van der Waals surface area contributed by atoms with Crippen molar-refractivity contribution in [2.24, 2.45) is 15.9 Å². The summed E-state index contributed by atoms with van der Waals surface area (Å²) in [4.78, 5) is 32.0. The number of aromatic nitrogens is 2. The van der Waals surface area contributed by atoms with E-state index >= 15 is 0 Å². The van der Waals surface area contributed by atoms with Crippen molar-refractivity contribution < 1.29 is 9.53 Å². The first-order valence-corrected chi connectivity index (χ1v) is 11.7. The number of nitrogens with zero attached hydrogens (tertiary/aromatic N) is 5. The third-order valence-electron chi connectivity index (χ3n) is 6.86. The van der Waals surface area contributed by atoms with Crippen LogP contribution >= 0.6 is 0 Å². The third-order valence-corrected chi connectivity index (χ3v) is 6.86. The maximum absolute atomic E-state index is 12.9. The van der Waals surface area contributed by atoms with Gasteiger partial charge in [0.2, 0.25) is 5.95 Å². The number of hydrogen-bond donors (Lipinski definition) is 1. The highest BCUT2D eigenvalue weighted by Crippen LogP contribution is 2.25. The van der Waals surface area contributed by atoms with Gasteiger partial charge in [0.25, 0.3) is 5.91 Å². The topological polar surface area (TPSA) is 92.1 Å². The molecule has 3 heterocycles. The first kappa shape index (κ1) is 21.7. The Labute approximate surface area is 194 Å². The zero-order chi connectivity index (χ0) is 22.6. The van der Waals surface area contributed by atoms with Gasteiger partial charge in [-0.15, -0.1) is 0 Å². The molecule has 0 saturated carbocycles. The van der Waals surface area contributed by atoms with Crippen molar-refractivity contribution in [2.75, 3.05) is 31.7 Å². The Morgan fingerprint density at radius 3 is 2.48 bits per heavy atom. The molecule has 1 aliphatic carbocycles. The fourth-order valence-electron chi connectivity index (χ4n) is 4.87. The summed E-state index contributed by atoms with van der Waals surface area (Å²) in [7, 11) is 0. The van der Waals surface area contributed by atoms with Crippen LogP contribution in [0.5, 0.6) is 0 Å². The van der Waals surface area contributed by atoms with E-state index in [-0.39, 0.29) is 12.0 Å². The SMILES string of the molecule is CC(OCC1=NCN=C1)C1CCN(C(=O)c2cnc(NC3Cc4ccccc4C3)nc2)CC1. The van der Waals surface area contributed by atoms with Crippen LogP contribution in [-0.4, -0.2) is 71.2 Å². The first-order valence-electron chi connectivity index (χ1n) is 11.7. The summed E-state index contributed by atoms with van der Waals surface area (Å²) in [5.41, 5.74) is 4.21. The predicted molar refractivity (Wildman–Crippen MR) is 128 cm³/mol. The van der Waals surface area contributed by atoms with Gasteiger partial charge in [-0.1, -0.05) is 24.3 Å². The molecule has 1 amide bonds. The summed E-state index contributed by atoms with van der Waals surface area (Å²) < 4.78 is 5.98. The van der Waals surface area contributed by atoms with Crippen molar-refractivity contribution in [2.45, 2.75) is 44.8 Å². The van der Waals surface area contributed by atoms with Gasteiger partial charge < -0.3 is 15.0 Å². The van der Waals surface area contributed by atoms with Gasteiger partial charge in [0, 0.05) is 37.7 Å². The summed E-state index contributed by atoms with van der Waals surface area (Å²) in [5, 5.41) is 3.41. The Hall–Kier alpha value is -3.13. The maximum Gasteiger partial charge on any atom is 0.256 e. The molecule has 0 bridgehead atoms. The summed E-state index contributed by atoms with van der Waals surface area (Å²) in [6.07, 6.45) is 8.99. The molecule has 1 unspecified atom stereocenters. The number of hydrogen-bond acceptors (Lipinski definition) is 7. The van der Waals surface area contributed by atoms with Crippen molar-refractivity contribution in [3.63, 3.8) is 0 Å². The zero-order valence-electron chi connectivity index (χ0n) is 19.0. The molecule has 2 aliphatic heterocycles. The zero-order valence-corrected chi connectivity index (χ0v) is 19.0. The molecule has 8 heteroatoms. The minimum Gasteiger partial charge on any atom is -0.372 e. The third kappa shape index (κ3) is 5.11. The van der Waals surface area contributed by atoms with Crippen LogP contribution in [-0.2, 0) is 17.6 Å². The number of nitrogens with one attached hydrogen (secondary N) is 1. The lowest BCUT2D eigenvalue weighted by Gasteiger charge is -2.34. The molecule has 8 nitrogen and oxygen atoms in total. The van der Waals surface area contributed by atoms with E-state index in [0.29, 0.717) is 36.7 Å². The number of rotatable bonds is 7.